The van der Waals surface area contributed by atoms with Gasteiger partial charge in [0.25, 0.3) is 5.91 Å². The normalized spacial score (nSPS) is 17.5. The van der Waals surface area contributed by atoms with Crippen molar-refractivity contribution in [1.29, 1.82) is 0 Å². The number of likely N-dealkylation sites (tertiary alicyclic amines) is 1. The maximum Gasteiger partial charge on any atom is 0.253 e. The van der Waals surface area contributed by atoms with Gasteiger partial charge in [-0.25, -0.2) is 4.39 Å². The summed E-state index contributed by atoms with van der Waals surface area (Å²) in [6.07, 6.45) is 1.56. The summed E-state index contributed by atoms with van der Waals surface area (Å²) in [5.41, 5.74) is 0.465. The Bertz CT molecular complexity index is 577. The maximum atomic E-state index is 13.8. The molecule has 1 saturated heterocycles. The highest BCUT2D eigenvalue weighted by Crippen LogP contribution is 2.21. The SMILES string of the molecule is O=C(c1ccc(C#CCO)c(F)c1)N1CCC(CCO)C1. The molecule has 1 unspecified atom stereocenters. The molecule has 112 valence electrons. The van der Waals surface area contributed by atoms with E-state index < -0.39 is 5.82 Å². The molecule has 1 aromatic rings. The zero-order valence-electron chi connectivity index (χ0n) is 11.7. The Kier molecular flexibility index (Phi) is 5.32. The predicted octanol–water partition coefficient (Wildman–Crippen LogP) is 1.01. The van der Waals surface area contributed by atoms with Gasteiger partial charge in [-0.2, -0.15) is 0 Å². The minimum Gasteiger partial charge on any atom is -0.396 e. The molecule has 0 aromatic heterocycles. The Labute approximate surface area is 123 Å². The van der Waals surface area contributed by atoms with Crippen molar-refractivity contribution in [3.05, 3.63) is 35.1 Å². The molecule has 1 aliphatic rings. The van der Waals surface area contributed by atoms with Crippen molar-refractivity contribution in [2.75, 3.05) is 26.3 Å². The van der Waals surface area contributed by atoms with Crippen LogP contribution in [0.1, 0.15) is 28.8 Å². The number of hydrogen-bond acceptors (Lipinski definition) is 3. The first-order valence-corrected chi connectivity index (χ1v) is 6.95. The topological polar surface area (TPSA) is 60.8 Å². The van der Waals surface area contributed by atoms with Crippen LogP contribution in [0.4, 0.5) is 4.39 Å². The Morgan fingerprint density at radius 3 is 2.90 bits per heavy atom. The number of amides is 1. The van der Waals surface area contributed by atoms with Gasteiger partial charge in [0.05, 0.1) is 5.56 Å². The van der Waals surface area contributed by atoms with E-state index in [2.05, 4.69) is 11.8 Å². The van der Waals surface area contributed by atoms with Gasteiger partial charge in [0.15, 0.2) is 0 Å². The molecule has 1 fully saturated rings. The molecule has 0 saturated carbocycles. The van der Waals surface area contributed by atoms with E-state index in [0.717, 1.165) is 6.42 Å². The molecule has 1 heterocycles. The van der Waals surface area contributed by atoms with Crippen LogP contribution in [-0.2, 0) is 0 Å². The van der Waals surface area contributed by atoms with Crippen LogP contribution in [0.2, 0.25) is 0 Å². The van der Waals surface area contributed by atoms with Crippen LogP contribution in [0, 0.1) is 23.6 Å². The van der Waals surface area contributed by atoms with Gasteiger partial charge < -0.3 is 15.1 Å². The fraction of sp³-hybridized carbons (Fsp3) is 0.438. The maximum absolute atomic E-state index is 13.8. The van der Waals surface area contributed by atoms with E-state index in [1.807, 2.05) is 0 Å². The van der Waals surface area contributed by atoms with Gasteiger partial charge in [0, 0.05) is 25.3 Å². The highest BCUT2D eigenvalue weighted by atomic mass is 19.1. The summed E-state index contributed by atoms with van der Waals surface area (Å²) in [4.78, 5) is 14.0. The molecule has 1 aliphatic heterocycles. The Hall–Kier alpha value is -1.90. The van der Waals surface area contributed by atoms with Gasteiger partial charge in [-0.1, -0.05) is 11.8 Å². The first-order chi connectivity index (χ1) is 10.2. The zero-order valence-corrected chi connectivity index (χ0v) is 11.7. The quantitative estimate of drug-likeness (QED) is 0.817. The van der Waals surface area contributed by atoms with E-state index in [1.54, 1.807) is 11.0 Å². The first kappa shape index (κ1) is 15.5. The van der Waals surface area contributed by atoms with Gasteiger partial charge >= 0.3 is 0 Å². The van der Waals surface area contributed by atoms with Crippen molar-refractivity contribution in [3.8, 4) is 11.8 Å². The summed E-state index contributed by atoms with van der Waals surface area (Å²) in [5.74, 6) is 4.43. The molecule has 0 bridgehead atoms. The molecule has 5 heteroatoms. The number of rotatable bonds is 3. The van der Waals surface area contributed by atoms with Gasteiger partial charge in [-0.05, 0) is 37.0 Å². The molecule has 2 rings (SSSR count). The number of aliphatic hydroxyl groups excluding tert-OH is 2. The van der Waals surface area contributed by atoms with E-state index in [-0.39, 0.29) is 24.7 Å². The number of benzene rings is 1. The highest BCUT2D eigenvalue weighted by Gasteiger charge is 2.26. The summed E-state index contributed by atoms with van der Waals surface area (Å²) >= 11 is 0. The van der Waals surface area contributed by atoms with Crippen LogP contribution in [0.15, 0.2) is 18.2 Å². The third kappa shape index (κ3) is 3.81. The Morgan fingerprint density at radius 1 is 1.43 bits per heavy atom. The summed E-state index contributed by atoms with van der Waals surface area (Å²) in [6, 6.07) is 4.18. The number of carbonyl (C=O) groups excluding carboxylic acids is 1. The Balaban J connectivity index is 2.08. The van der Waals surface area contributed by atoms with Gasteiger partial charge in [-0.15, -0.1) is 0 Å². The van der Waals surface area contributed by atoms with Crippen molar-refractivity contribution in [2.24, 2.45) is 5.92 Å². The fourth-order valence-electron chi connectivity index (χ4n) is 2.50. The van der Waals surface area contributed by atoms with Crippen molar-refractivity contribution < 1.29 is 19.4 Å². The van der Waals surface area contributed by atoms with Crippen LogP contribution >= 0.6 is 0 Å². The van der Waals surface area contributed by atoms with Crippen molar-refractivity contribution >= 4 is 5.91 Å². The number of aliphatic hydroxyl groups is 2. The lowest BCUT2D eigenvalue weighted by atomic mass is 10.1. The molecule has 4 nitrogen and oxygen atoms in total. The highest BCUT2D eigenvalue weighted by molar-refractivity contribution is 5.94. The number of carbonyl (C=O) groups is 1. The molecule has 1 atom stereocenters. The van der Waals surface area contributed by atoms with Crippen molar-refractivity contribution in [1.82, 2.24) is 4.90 Å². The molecule has 0 radical (unpaired) electrons. The third-order valence-corrected chi connectivity index (χ3v) is 3.63. The third-order valence-electron chi connectivity index (χ3n) is 3.63. The second-order valence-electron chi connectivity index (χ2n) is 5.07. The zero-order chi connectivity index (χ0) is 15.2. The van der Waals surface area contributed by atoms with E-state index in [1.165, 1.54) is 12.1 Å². The van der Waals surface area contributed by atoms with Crippen LogP contribution in [0.3, 0.4) is 0 Å². The van der Waals surface area contributed by atoms with E-state index in [0.29, 0.717) is 31.0 Å². The average Bonchev–Trinajstić information content (AvgIpc) is 2.94. The molecule has 0 spiro atoms. The van der Waals surface area contributed by atoms with Gasteiger partial charge in [-0.3, -0.25) is 4.79 Å². The second kappa shape index (κ2) is 7.21. The smallest absolute Gasteiger partial charge is 0.253 e. The van der Waals surface area contributed by atoms with Crippen LogP contribution in [0.25, 0.3) is 0 Å². The van der Waals surface area contributed by atoms with E-state index >= 15 is 0 Å². The number of hydrogen-bond donors (Lipinski definition) is 2. The summed E-state index contributed by atoms with van der Waals surface area (Å²) in [6.45, 7) is 1.03. The van der Waals surface area contributed by atoms with E-state index in [9.17, 15) is 9.18 Å². The van der Waals surface area contributed by atoms with Crippen LogP contribution < -0.4 is 0 Å². The predicted molar refractivity (Wildman–Crippen MR) is 76.1 cm³/mol. The van der Waals surface area contributed by atoms with Gasteiger partial charge in [0.1, 0.15) is 12.4 Å². The molecule has 1 aromatic carbocycles. The number of nitrogens with zero attached hydrogens (tertiary/aromatic N) is 1. The van der Waals surface area contributed by atoms with Crippen molar-refractivity contribution in [2.45, 2.75) is 12.8 Å². The molecule has 0 aliphatic carbocycles. The second-order valence-corrected chi connectivity index (χ2v) is 5.07. The minimum absolute atomic E-state index is 0.125. The lowest BCUT2D eigenvalue weighted by molar-refractivity contribution is 0.0784. The molecular formula is C16H18FNO3. The van der Waals surface area contributed by atoms with Crippen LogP contribution in [-0.4, -0.2) is 47.3 Å². The first-order valence-electron chi connectivity index (χ1n) is 6.95. The van der Waals surface area contributed by atoms with Crippen molar-refractivity contribution in [3.63, 3.8) is 0 Å². The summed E-state index contributed by atoms with van der Waals surface area (Å²) < 4.78 is 13.8. The molecule has 1 amide bonds. The largest absolute Gasteiger partial charge is 0.396 e. The number of halogens is 1. The summed E-state index contributed by atoms with van der Waals surface area (Å²) in [5, 5.41) is 17.5. The minimum atomic E-state index is -0.562. The molecule has 2 N–H and O–H groups in total. The molecular weight excluding hydrogens is 273 g/mol. The summed E-state index contributed by atoms with van der Waals surface area (Å²) in [7, 11) is 0. The lowest BCUT2D eigenvalue weighted by Crippen LogP contribution is -2.28. The van der Waals surface area contributed by atoms with Crippen LogP contribution in [0.5, 0.6) is 0 Å². The Morgan fingerprint density at radius 2 is 2.24 bits per heavy atom. The standard InChI is InChI=1S/C16H18FNO3/c17-15-10-14(4-3-13(15)2-1-8-19)16(21)18-7-5-12(11-18)6-9-20/h3-4,10,12,19-20H,5-9,11H2. The van der Waals surface area contributed by atoms with E-state index in [4.69, 9.17) is 10.2 Å². The fourth-order valence-corrected chi connectivity index (χ4v) is 2.50. The monoisotopic (exact) mass is 291 g/mol. The average molecular weight is 291 g/mol. The molecule has 21 heavy (non-hydrogen) atoms. The lowest BCUT2D eigenvalue weighted by Gasteiger charge is -2.16. The van der Waals surface area contributed by atoms with Gasteiger partial charge in [0.2, 0.25) is 0 Å².